The number of H-pyrrole nitrogens is 1. The average Bonchev–Trinajstić information content (AvgIpc) is 2.72. The van der Waals surface area contributed by atoms with Gasteiger partial charge in [0.05, 0.1) is 17.5 Å². The van der Waals surface area contributed by atoms with E-state index in [-0.39, 0.29) is 18.1 Å². The minimum Gasteiger partial charge on any atom is -0.489 e. The molecule has 2 aromatic heterocycles. The minimum atomic E-state index is -0.687. The molecule has 2 heterocycles. The number of hydrogen-bond acceptors (Lipinski definition) is 6. The highest BCUT2D eigenvalue weighted by Gasteiger charge is 2.14. The average molecular weight is 375 g/mol. The summed E-state index contributed by atoms with van der Waals surface area (Å²) in [4.78, 5) is 35.2. The fourth-order valence-corrected chi connectivity index (χ4v) is 2.83. The second-order valence-electron chi connectivity index (χ2n) is 6.12. The lowest BCUT2D eigenvalue weighted by Crippen LogP contribution is -2.18. The molecule has 0 unspecified atom stereocenters. The first-order valence-corrected chi connectivity index (χ1v) is 8.83. The van der Waals surface area contributed by atoms with Gasteiger partial charge in [0.25, 0.3) is 5.56 Å². The molecule has 0 aliphatic heterocycles. The zero-order chi connectivity index (χ0) is 19.5. The van der Waals surface area contributed by atoms with Crippen molar-refractivity contribution in [2.45, 2.75) is 13.5 Å². The van der Waals surface area contributed by atoms with Gasteiger partial charge in [0, 0.05) is 5.39 Å². The summed E-state index contributed by atoms with van der Waals surface area (Å²) in [6.07, 6.45) is 0. The molecule has 0 aliphatic rings. The standard InChI is InChI=1S/C21H17N3O4/c1-2-27-21(26)19-23-18-16(20(25)24-19)11-14-10-15(8-9-17(14)22-18)28-12-13-6-4-3-5-7-13/h3-11H,2,12H2,1H3,(H,22,23,24,25). The van der Waals surface area contributed by atoms with E-state index in [1.54, 1.807) is 19.1 Å². The largest absolute Gasteiger partial charge is 0.489 e. The topological polar surface area (TPSA) is 94.2 Å². The zero-order valence-electron chi connectivity index (χ0n) is 15.1. The molecule has 7 heteroatoms. The zero-order valence-corrected chi connectivity index (χ0v) is 15.1. The van der Waals surface area contributed by atoms with E-state index in [1.165, 1.54) is 0 Å². The maximum Gasteiger partial charge on any atom is 0.374 e. The first-order valence-electron chi connectivity index (χ1n) is 8.83. The first kappa shape index (κ1) is 17.7. The highest BCUT2D eigenvalue weighted by molar-refractivity contribution is 5.93. The molecule has 0 amide bonds. The van der Waals surface area contributed by atoms with Crippen LogP contribution < -0.4 is 10.3 Å². The molecule has 1 N–H and O–H groups in total. The summed E-state index contributed by atoms with van der Waals surface area (Å²) in [7, 11) is 0. The predicted molar refractivity (Wildman–Crippen MR) is 104 cm³/mol. The van der Waals surface area contributed by atoms with Gasteiger partial charge in [0.1, 0.15) is 12.4 Å². The third-order valence-corrected chi connectivity index (χ3v) is 4.18. The summed E-state index contributed by atoms with van der Waals surface area (Å²) in [6, 6.07) is 17.0. The number of esters is 1. The Morgan fingerprint density at radius 3 is 2.68 bits per heavy atom. The number of nitrogens with zero attached hydrogens (tertiary/aromatic N) is 2. The summed E-state index contributed by atoms with van der Waals surface area (Å²) >= 11 is 0. The number of benzene rings is 2. The van der Waals surface area contributed by atoms with E-state index in [9.17, 15) is 9.59 Å². The number of pyridine rings is 1. The summed E-state index contributed by atoms with van der Waals surface area (Å²) in [5, 5.41) is 1.04. The van der Waals surface area contributed by atoms with Crippen molar-refractivity contribution >= 4 is 27.9 Å². The second-order valence-corrected chi connectivity index (χ2v) is 6.12. The van der Waals surface area contributed by atoms with Crippen molar-refractivity contribution in [1.29, 1.82) is 0 Å². The van der Waals surface area contributed by atoms with Crippen LogP contribution in [0.1, 0.15) is 23.1 Å². The normalized spacial score (nSPS) is 10.9. The number of nitrogens with one attached hydrogen (secondary N) is 1. The number of fused-ring (bicyclic) bond motifs is 2. The van der Waals surface area contributed by atoms with Crippen LogP contribution in [0.3, 0.4) is 0 Å². The van der Waals surface area contributed by atoms with E-state index in [4.69, 9.17) is 9.47 Å². The molecule has 7 nitrogen and oxygen atoms in total. The van der Waals surface area contributed by atoms with Crippen LogP contribution >= 0.6 is 0 Å². The quantitative estimate of drug-likeness (QED) is 0.425. The summed E-state index contributed by atoms with van der Waals surface area (Å²) in [5.41, 5.74) is 1.45. The van der Waals surface area contributed by atoms with Crippen molar-refractivity contribution < 1.29 is 14.3 Å². The number of hydrogen-bond donors (Lipinski definition) is 1. The monoisotopic (exact) mass is 375 g/mol. The van der Waals surface area contributed by atoms with Gasteiger partial charge in [-0.3, -0.25) is 4.79 Å². The first-order chi connectivity index (χ1) is 13.6. The summed E-state index contributed by atoms with van der Waals surface area (Å²) in [6.45, 7) is 2.32. The van der Waals surface area contributed by atoms with Gasteiger partial charge in [0.15, 0.2) is 5.65 Å². The van der Waals surface area contributed by atoms with E-state index in [1.807, 2.05) is 42.5 Å². The third kappa shape index (κ3) is 3.55. The smallest absolute Gasteiger partial charge is 0.374 e. The van der Waals surface area contributed by atoms with E-state index in [2.05, 4.69) is 15.0 Å². The van der Waals surface area contributed by atoms with Crippen LogP contribution in [0.15, 0.2) is 59.4 Å². The van der Waals surface area contributed by atoms with Crippen molar-refractivity contribution in [2.24, 2.45) is 0 Å². The molecule has 0 atom stereocenters. The fourth-order valence-electron chi connectivity index (χ4n) is 2.83. The number of carbonyl (C=O) groups excluding carboxylic acids is 1. The van der Waals surface area contributed by atoms with Crippen LogP contribution in [0.4, 0.5) is 0 Å². The maximum absolute atomic E-state index is 12.4. The second kappa shape index (κ2) is 7.48. The van der Waals surface area contributed by atoms with Crippen molar-refractivity contribution in [2.75, 3.05) is 6.61 Å². The predicted octanol–water partition coefficient (Wildman–Crippen LogP) is 3.23. The van der Waals surface area contributed by atoms with Crippen LogP contribution in [-0.2, 0) is 11.3 Å². The lowest BCUT2D eigenvalue weighted by molar-refractivity contribution is 0.0512. The van der Waals surface area contributed by atoms with Gasteiger partial charge in [-0.2, -0.15) is 0 Å². The SMILES string of the molecule is CCOC(=O)c1nc2nc3ccc(OCc4ccccc4)cc3cc2c(=O)[nH]1. The van der Waals surface area contributed by atoms with Gasteiger partial charge in [-0.15, -0.1) is 0 Å². The molecule has 140 valence electrons. The van der Waals surface area contributed by atoms with Crippen LogP contribution in [-0.4, -0.2) is 27.5 Å². The van der Waals surface area contributed by atoms with Crippen LogP contribution in [0.5, 0.6) is 5.75 Å². The molecule has 0 radical (unpaired) electrons. The lowest BCUT2D eigenvalue weighted by Gasteiger charge is -2.08. The highest BCUT2D eigenvalue weighted by Crippen LogP contribution is 2.22. The third-order valence-electron chi connectivity index (χ3n) is 4.18. The van der Waals surface area contributed by atoms with Gasteiger partial charge in [-0.25, -0.2) is 14.8 Å². The van der Waals surface area contributed by atoms with Crippen molar-refractivity contribution in [3.8, 4) is 5.75 Å². The van der Waals surface area contributed by atoms with E-state index < -0.39 is 11.5 Å². The Morgan fingerprint density at radius 2 is 1.89 bits per heavy atom. The Labute approximate surface area is 160 Å². The van der Waals surface area contributed by atoms with E-state index in [0.29, 0.717) is 23.3 Å². The van der Waals surface area contributed by atoms with Gasteiger partial charge in [-0.1, -0.05) is 30.3 Å². The highest BCUT2D eigenvalue weighted by atomic mass is 16.5. The Bertz CT molecular complexity index is 1220. The number of aromatic nitrogens is 3. The Hall–Kier alpha value is -3.74. The van der Waals surface area contributed by atoms with Crippen LogP contribution in [0, 0.1) is 0 Å². The van der Waals surface area contributed by atoms with Crippen molar-refractivity contribution in [3.05, 3.63) is 76.3 Å². The Balaban J connectivity index is 1.69. The molecule has 4 rings (SSSR count). The number of ether oxygens (including phenoxy) is 2. The molecule has 28 heavy (non-hydrogen) atoms. The number of carbonyl (C=O) groups is 1. The summed E-state index contributed by atoms with van der Waals surface area (Å²) in [5.74, 6) is -0.174. The molecular weight excluding hydrogens is 358 g/mol. The van der Waals surface area contributed by atoms with Gasteiger partial charge in [0.2, 0.25) is 5.82 Å². The molecule has 2 aromatic carbocycles. The molecule has 0 saturated heterocycles. The maximum atomic E-state index is 12.4. The Kier molecular flexibility index (Phi) is 4.72. The van der Waals surface area contributed by atoms with Crippen molar-refractivity contribution in [3.63, 3.8) is 0 Å². The van der Waals surface area contributed by atoms with Crippen molar-refractivity contribution in [1.82, 2.24) is 15.0 Å². The van der Waals surface area contributed by atoms with E-state index >= 15 is 0 Å². The van der Waals surface area contributed by atoms with Crippen LogP contribution in [0.25, 0.3) is 21.9 Å². The van der Waals surface area contributed by atoms with Gasteiger partial charge < -0.3 is 14.5 Å². The molecule has 0 saturated carbocycles. The van der Waals surface area contributed by atoms with Gasteiger partial charge >= 0.3 is 5.97 Å². The fraction of sp³-hybridized carbons (Fsp3) is 0.143. The van der Waals surface area contributed by atoms with Crippen LogP contribution in [0.2, 0.25) is 0 Å². The molecule has 4 aromatic rings. The Morgan fingerprint density at radius 1 is 1.07 bits per heavy atom. The molecular formula is C21H17N3O4. The minimum absolute atomic E-state index is 0.158. The van der Waals surface area contributed by atoms with E-state index in [0.717, 1.165) is 10.9 Å². The molecule has 0 bridgehead atoms. The molecule has 0 aliphatic carbocycles. The lowest BCUT2D eigenvalue weighted by atomic mass is 10.1. The number of aromatic amines is 1. The molecule has 0 fully saturated rings. The summed E-state index contributed by atoms with van der Waals surface area (Å²) < 4.78 is 10.7. The molecule has 0 spiro atoms. The number of rotatable bonds is 5. The van der Waals surface area contributed by atoms with Gasteiger partial charge in [-0.05, 0) is 36.8 Å².